The minimum absolute atomic E-state index is 0.0531. The second kappa shape index (κ2) is 7.14. The van der Waals surface area contributed by atoms with E-state index < -0.39 is 0 Å². The number of hydrogen-bond donors (Lipinski definition) is 2. The standard InChI is InChI=1S/C21H20N2O2S/c1-13-11-19(24)20(25-3)12-17(13)21(22)23(14(2)26)18-10-6-8-15-7-4-5-9-16(15)18/h4-12,22,24H,1-3H3. The number of fused-ring (bicyclic) bond motifs is 1. The molecule has 5 heteroatoms. The molecule has 3 rings (SSSR count). The van der Waals surface area contributed by atoms with Gasteiger partial charge in [-0.1, -0.05) is 48.6 Å². The largest absolute Gasteiger partial charge is 0.504 e. The number of methoxy groups -OCH3 is 1. The van der Waals surface area contributed by atoms with Crippen LogP contribution in [0.4, 0.5) is 5.69 Å². The Bertz CT molecular complexity index is 1010. The molecule has 0 aliphatic rings. The number of phenols is 1. The first kappa shape index (κ1) is 17.9. The number of anilines is 1. The van der Waals surface area contributed by atoms with Gasteiger partial charge in [0.1, 0.15) is 5.84 Å². The number of amidine groups is 1. The third-order valence-electron chi connectivity index (χ3n) is 4.33. The molecular weight excluding hydrogens is 344 g/mol. The lowest BCUT2D eigenvalue weighted by Crippen LogP contribution is -2.34. The molecule has 4 nitrogen and oxygen atoms in total. The fourth-order valence-corrected chi connectivity index (χ4v) is 3.25. The summed E-state index contributed by atoms with van der Waals surface area (Å²) in [5.74, 6) is 0.622. The molecule has 0 aliphatic carbocycles. The number of aromatic hydroxyl groups is 1. The third kappa shape index (κ3) is 3.13. The Morgan fingerprint density at radius 2 is 1.81 bits per heavy atom. The predicted molar refractivity (Wildman–Crippen MR) is 111 cm³/mol. The smallest absolute Gasteiger partial charge is 0.161 e. The van der Waals surface area contributed by atoms with Gasteiger partial charge in [-0.05, 0) is 43.0 Å². The highest BCUT2D eigenvalue weighted by Crippen LogP contribution is 2.32. The van der Waals surface area contributed by atoms with Gasteiger partial charge in [0, 0.05) is 10.9 Å². The van der Waals surface area contributed by atoms with Crippen molar-refractivity contribution in [1.29, 1.82) is 5.41 Å². The van der Waals surface area contributed by atoms with Crippen molar-refractivity contribution in [2.45, 2.75) is 13.8 Å². The van der Waals surface area contributed by atoms with Gasteiger partial charge in [-0.3, -0.25) is 10.3 Å². The zero-order valence-electron chi connectivity index (χ0n) is 14.9. The first-order chi connectivity index (χ1) is 12.4. The molecule has 2 N–H and O–H groups in total. The number of aryl methyl sites for hydroxylation is 1. The number of ether oxygens (including phenoxy) is 1. The van der Waals surface area contributed by atoms with Crippen LogP contribution in [-0.2, 0) is 0 Å². The van der Waals surface area contributed by atoms with Crippen LogP contribution in [0.1, 0.15) is 18.1 Å². The van der Waals surface area contributed by atoms with Gasteiger partial charge in [0.15, 0.2) is 11.5 Å². The summed E-state index contributed by atoms with van der Waals surface area (Å²) in [5.41, 5.74) is 2.28. The molecule has 0 aromatic heterocycles. The number of thiocarbonyl (C=S) groups is 1. The molecule has 0 saturated heterocycles. The third-order valence-corrected chi connectivity index (χ3v) is 4.51. The highest BCUT2D eigenvalue weighted by atomic mass is 32.1. The van der Waals surface area contributed by atoms with E-state index in [-0.39, 0.29) is 11.6 Å². The van der Waals surface area contributed by atoms with Crippen molar-refractivity contribution in [3.8, 4) is 11.5 Å². The van der Waals surface area contributed by atoms with E-state index in [1.165, 1.54) is 7.11 Å². The maximum atomic E-state index is 9.97. The fraction of sp³-hybridized carbons (Fsp3) is 0.143. The van der Waals surface area contributed by atoms with Gasteiger partial charge >= 0.3 is 0 Å². The molecule has 0 fully saturated rings. The van der Waals surface area contributed by atoms with E-state index in [1.807, 2.05) is 49.4 Å². The van der Waals surface area contributed by atoms with Crippen molar-refractivity contribution < 1.29 is 9.84 Å². The van der Waals surface area contributed by atoms with Gasteiger partial charge < -0.3 is 9.84 Å². The molecule has 0 bridgehead atoms. The highest BCUT2D eigenvalue weighted by Gasteiger charge is 2.21. The van der Waals surface area contributed by atoms with Crippen LogP contribution in [0.5, 0.6) is 11.5 Å². The van der Waals surface area contributed by atoms with Gasteiger partial charge in [-0.2, -0.15) is 0 Å². The molecule has 3 aromatic carbocycles. The molecule has 0 aliphatic heterocycles. The van der Waals surface area contributed by atoms with Crippen molar-refractivity contribution >= 4 is 39.5 Å². The normalized spacial score (nSPS) is 10.6. The summed E-state index contributed by atoms with van der Waals surface area (Å²) in [6.45, 7) is 3.65. The lowest BCUT2D eigenvalue weighted by molar-refractivity contribution is 0.373. The summed E-state index contributed by atoms with van der Waals surface area (Å²) in [6, 6.07) is 17.2. The van der Waals surface area contributed by atoms with Crippen LogP contribution < -0.4 is 9.64 Å². The predicted octanol–water partition coefficient (Wildman–Crippen LogP) is 5.04. The summed E-state index contributed by atoms with van der Waals surface area (Å²) in [7, 11) is 1.49. The van der Waals surface area contributed by atoms with E-state index in [0.717, 1.165) is 22.0 Å². The lowest BCUT2D eigenvalue weighted by Gasteiger charge is -2.26. The Kier molecular flexibility index (Phi) is 4.91. The van der Waals surface area contributed by atoms with Crippen LogP contribution in [-0.4, -0.2) is 23.0 Å². The van der Waals surface area contributed by atoms with Crippen LogP contribution in [0.25, 0.3) is 10.8 Å². The Morgan fingerprint density at radius 3 is 2.50 bits per heavy atom. The van der Waals surface area contributed by atoms with E-state index in [2.05, 4.69) is 0 Å². The van der Waals surface area contributed by atoms with Crippen LogP contribution >= 0.6 is 12.2 Å². The van der Waals surface area contributed by atoms with Crippen molar-refractivity contribution in [1.82, 2.24) is 0 Å². The van der Waals surface area contributed by atoms with Crippen molar-refractivity contribution in [3.63, 3.8) is 0 Å². The quantitative estimate of drug-likeness (QED) is 0.388. The number of rotatable bonds is 3. The van der Waals surface area contributed by atoms with Crippen LogP contribution in [0.2, 0.25) is 0 Å². The average molecular weight is 364 g/mol. The zero-order valence-corrected chi connectivity index (χ0v) is 15.7. The molecule has 0 heterocycles. The summed E-state index contributed by atoms with van der Waals surface area (Å²) >= 11 is 5.47. The minimum atomic E-state index is 0.0531. The van der Waals surface area contributed by atoms with Crippen molar-refractivity contribution in [3.05, 3.63) is 65.7 Å². The maximum Gasteiger partial charge on any atom is 0.161 e. The van der Waals surface area contributed by atoms with Gasteiger partial charge in [0.05, 0.1) is 17.8 Å². The molecular formula is C21H20N2O2S. The maximum absolute atomic E-state index is 9.97. The molecule has 0 spiro atoms. The number of nitrogens with zero attached hydrogens (tertiary/aromatic N) is 1. The molecule has 0 saturated carbocycles. The Morgan fingerprint density at radius 1 is 1.12 bits per heavy atom. The first-order valence-electron chi connectivity index (χ1n) is 8.19. The Labute approximate surface area is 158 Å². The molecule has 0 radical (unpaired) electrons. The topological polar surface area (TPSA) is 56.5 Å². The summed E-state index contributed by atoms with van der Waals surface area (Å²) in [6.07, 6.45) is 0. The lowest BCUT2D eigenvalue weighted by atomic mass is 10.0. The van der Waals surface area contributed by atoms with E-state index in [1.54, 1.807) is 24.0 Å². The number of hydrogen-bond acceptors (Lipinski definition) is 4. The number of phenolic OH excluding ortho intramolecular Hbond substituents is 1. The molecule has 26 heavy (non-hydrogen) atoms. The molecule has 132 valence electrons. The number of nitrogens with one attached hydrogen (secondary N) is 1. The van der Waals surface area contributed by atoms with E-state index in [4.69, 9.17) is 22.4 Å². The molecule has 0 amide bonds. The minimum Gasteiger partial charge on any atom is -0.504 e. The van der Waals surface area contributed by atoms with Crippen LogP contribution in [0, 0.1) is 12.3 Å². The number of benzene rings is 3. The fourth-order valence-electron chi connectivity index (χ4n) is 3.06. The van der Waals surface area contributed by atoms with E-state index in [9.17, 15) is 5.11 Å². The summed E-state index contributed by atoms with van der Waals surface area (Å²) in [5, 5.41) is 20.9. The van der Waals surface area contributed by atoms with Gasteiger partial charge in [-0.15, -0.1) is 0 Å². The Balaban J connectivity index is 2.18. The SMILES string of the molecule is COc1cc(C(=N)N(C(C)=S)c2cccc3ccccc23)c(C)cc1O. The van der Waals surface area contributed by atoms with Crippen molar-refractivity contribution in [2.75, 3.05) is 12.0 Å². The molecule has 0 unspecified atom stereocenters. The van der Waals surface area contributed by atoms with E-state index >= 15 is 0 Å². The molecule has 0 atom stereocenters. The van der Waals surface area contributed by atoms with Crippen LogP contribution in [0.15, 0.2) is 54.6 Å². The monoisotopic (exact) mass is 364 g/mol. The van der Waals surface area contributed by atoms with E-state index in [0.29, 0.717) is 16.3 Å². The first-order valence-corrected chi connectivity index (χ1v) is 8.60. The van der Waals surface area contributed by atoms with Crippen LogP contribution in [0.3, 0.4) is 0 Å². The average Bonchev–Trinajstić information content (AvgIpc) is 2.62. The van der Waals surface area contributed by atoms with Gasteiger partial charge in [0.2, 0.25) is 0 Å². The summed E-state index contributed by atoms with van der Waals surface area (Å²) in [4.78, 5) is 2.31. The van der Waals surface area contributed by atoms with Crippen molar-refractivity contribution in [2.24, 2.45) is 0 Å². The van der Waals surface area contributed by atoms with Gasteiger partial charge in [0.25, 0.3) is 0 Å². The summed E-state index contributed by atoms with van der Waals surface area (Å²) < 4.78 is 5.21. The zero-order chi connectivity index (χ0) is 18.8. The highest BCUT2D eigenvalue weighted by molar-refractivity contribution is 7.80. The Hall–Kier alpha value is -2.92. The molecule has 3 aromatic rings. The second-order valence-electron chi connectivity index (χ2n) is 6.04. The van der Waals surface area contributed by atoms with Gasteiger partial charge in [-0.25, -0.2) is 0 Å². The second-order valence-corrected chi connectivity index (χ2v) is 6.63.